The number of hydrogen-bond donors (Lipinski definition) is 0. The summed E-state index contributed by atoms with van der Waals surface area (Å²) in [5.74, 6) is 2.63. The van der Waals surface area contributed by atoms with Crippen molar-refractivity contribution in [1.29, 1.82) is 0 Å². The highest BCUT2D eigenvalue weighted by Crippen LogP contribution is 2.47. The minimum atomic E-state index is -0.294. The first-order valence-corrected chi connectivity index (χ1v) is 11.9. The number of ether oxygens (including phenoxy) is 3. The molecule has 2 aliphatic heterocycles. The Morgan fingerprint density at radius 3 is 2.50 bits per heavy atom. The van der Waals surface area contributed by atoms with E-state index in [-0.39, 0.29) is 12.3 Å². The standard InChI is InChI=1S/C29H30N2O3/c1-3-5-19-33-24-16-12-22(13-17-24)29-31-27(25-8-6-7-9-28(25)34-29)20-26(30-31)21-10-14-23(15-11-21)32-18-4-2/h4,6-17,27,29H,2-3,5,18-20H2,1H3. The minimum absolute atomic E-state index is 0.127. The molecule has 0 bridgehead atoms. The molecule has 2 aliphatic rings. The van der Waals surface area contributed by atoms with Crippen molar-refractivity contribution >= 4 is 5.71 Å². The Morgan fingerprint density at radius 1 is 1.00 bits per heavy atom. The Hall–Kier alpha value is -3.73. The van der Waals surface area contributed by atoms with Crippen LogP contribution in [-0.2, 0) is 0 Å². The van der Waals surface area contributed by atoms with Gasteiger partial charge in [0.05, 0.1) is 18.4 Å². The molecule has 0 spiro atoms. The van der Waals surface area contributed by atoms with Gasteiger partial charge in [-0.3, -0.25) is 0 Å². The second-order valence-electron chi connectivity index (χ2n) is 8.55. The largest absolute Gasteiger partial charge is 0.494 e. The number of benzene rings is 3. The Morgan fingerprint density at radius 2 is 1.74 bits per heavy atom. The fraction of sp³-hybridized carbons (Fsp3) is 0.276. The molecular formula is C29H30N2O3. The summed E-state index contributed by atoms with van der Waals surface area (Å²) < 4.78 is 17.9. The van der Waals surface area contributed by atoms with Gasteiger partial charge < -0.3 is 14.2 Å². The van der Waals surface area contributed by atoms with E-state index in [0.717, 1.165) is 60.0 Å². The third kappa shape index (κ3) is 4.51. The van der Waals surface area contributed by atoms with Gasteiger partial charge in [0, 0.05) is 17.5 Å². The smallest absolute Gasteiger partial charge is 0.213 e. The third-order valence-corrected chi connectivity index (χ3v) is 6.19. The second-order valence-corrected chi connectivity index (χ2v) is 8.55. The molecule has 2 unspecified atom stereocenters. The van der Waals surface area contributed by atoms with E-state index in [0.29, 0.717) is 6.61 Å². The number of nitrogens with zero attached hydrogens (tertiary/aromatic N) is 2. The first-order chi connectivity index (χ1) is 16.8. The molecule has 0 aliphatic carbocycles. The number of unbranched alkanes of at least 4 members (excludes halogenated alkanes) is 1. The van der Waals surface area contributed by atoms with Gasteiger partial charge in [-0.05, 0) is 66.6 Å². The van der Waals surface area contributed by atoms with Crippen molar-refractivity contribution in [3.05, 3.63) is 102 Å². The first-order valence-electron chi connectivity index (χ1n) is 11.9. The molecule has 0 aromatic heterocycles. The molecule has 34 heavy (non-hydrogen) atoms. The van der Waals surface area contributed by atoms with E-state index in [1.807, 2.05) is 36.4 Å². The summed E-state index contributed by atoms with van der Waals surface area (Å²) in [7, 11) is 0. The van der Waals surface area contributed by atoms with Crippen molar-refractivity contribution in [2.45, 2.75) is 38.5 Å². The van der Waals surface area contributed by atoms with Crippen LogP contribution in [0.5, 0.6) is 17.2 Å². The van der Waals surface area contributed by atoms with Gasteiger partial charge in [-0.2, -0.15) is 5.10 Å². The highest BCUT2D eigenvalue weighted by atomic mass is 16.5. The normalized spacial score (nSPS) is 18.4. The van der Waals surface area contributed by atoms with Crippen LogP contribution in [0.1, 0.15) is 55.1 Å². The van der Waals surface area contributed by atoms with Crippen LogP contribution in [0.4, 0.5) is 0 Å². The first kappa shape index (κ1) is 22.1. The lowest BCUT2D eigenvalue weighted by atomic mass is 9.96. The van der Waals surface area contributed by atoms with E-state index in [4.69, 9.17) is 19.3 Å². The molecule has 3 aromatic rings. The van der Waals surface area contributed by atoms with E-state index in [1.54, 1.807) is 6.08 Å². The molecule has 5 heteroatoms. The molecular weight excluding hydrogens is 424 g/mol. The highest BCUT2D eigenvalue weighted by Gasteiger charge is 2.40. The van der Waals surface area contributed by atoms with Crippen molar-refractivity contribution < 1.29 is 14.2 Å². The molecule has 0 N–H and O–H groups in total. The molecule has 5 rings (SSSR count). The lowest BCUT2D eigenvalue weighted by molar-refractivity contribution is -0.0190. The molecule has 0 saturated heterocycles. The molecule has 0 radical (unpaired) electrons. The van der Waals surface area contributed by atoms with Crippen LogP contribution in [0, 0.1) is 0 Å². The van der Waals surface area contributed by atoms with Crippen LogP contribution >= 0.6 is 0 Å². The van der Waals surface area contributed by atoms with Crippen molar-refractivity contribution in [2.75, 3.05) is 13.2 Å². The maximum Gasteiger partial charge on any atom is 0.213 e. The van der Waals surface area contributed by atoms with Crippen LogP contribution in [-0.4, -0.2) is 23.9 Å². The Bertz CT molecular complexity index is 1150. The number of fused-ring (bicyclic) bond motifs is 3. The zero-order valence-electron chi connectivity index (χ0n) is 19.5. The third-order valence-electron chi connectivity index (χ3n) is 6.19. The topological polar surface area (TPSA) is 43.3 Å². The predicted octanol–water partition coefficient (Wildman–Crippen LogP) is 6.67. The summed E-state index contributed by atoms with van der Waals surface area (Å²) in [6, 6.07) is 24.7. The number of hydrazone groups is 1. The summed E-state index contributed by atoms with van der Waals surface area (Å²) in [6.07, 6.45) is 4.45. The summed E-state index contributed by atoms with van der Waals surface area (Å²) in [4.78, 5) is 0. The van der Waals surface area contributed by atoms with Crippen LogP contribution in [0.3, 0.4) is 0 Å². The fourth-order valence-corrected chi connectivity index (χ4v) is 4.39. The zero-order valence-corrected chi connectivity index (χ0v) is 19.5. The van der Waals surface area contributed by atoms with Crippen LogP contribution in [0.25, 0.3) is 0 Å². The predicted molar refractivity (Wildman–Crippen MR) is 135 cm³/mol. The molecule has 2 atom stereocenters. The van der Waals surface area contributed by atoms with Gasteiger partial charge in [0.25, 0.3) is 0 Å². The number of para-hydroxylation sites is 1. The molecule has 2 heterocycles. The van der Waals surface area contributed by atoms with Crippen molar-refractivity contribution in [3.8, 4) is 17.2 Å². The lowest BCUT2D eigenvalue weighted by Crippen LogP contribution is -2.33. The van der Waals surface area contributed by atoms with E-state index < -0.39 is 0 Å². The van der Waals surface area contributed by atoms with E-state index in [9.17, 15) is 0 Å². The van der Waals surface area contributed by atoms with Crippen molar-refractivity contribution in [3.63, 3.8) is 0 Å². The molecule has 0 amide bonds. The monoisotopic (exact) mass is 454 g/mol. The lowest BCUT2D eigenvalue weighted by Gasteiger charge is -2.38. The summed E-state index contributed by atoms with van der Waals surface area (Å²) in [5.41, 5.74) is 4.37. The number of rotatable bonds is 9. The van der Waals surface area contributed by atoms with Gasteiger partial charge in [-0.15, -0.1) is 0 Å². The second kappa shape index (κ2) is 10.0. The molecule has 174 valence electrons. The zero-order chi connectivity index (χ0) is 23.3. The van der Waals surface area contributed by atoms with Crippen molar-refractivity contribution in [1.82, 2.24) is 5.01 Å². The quantitative estimate of drug-likeness (QED) is 0.267. The van der Waals surface area contributed by atoms with Crippen molar-refractivity contribution in [2.24, 2.45) is 5.10 Å². The highest BCUT2D eigenvalue weighted by molar-refractivity contribution is 6.02. The summed E-state index contributed by atoms with van der Waals surface area (Å²) in [5, 5.41) is 7.15. The van der Waals surface area contributed by atoms with Gasteiger partial charge in [-0.1, -0.05) is 44.2 Å². The fourth-order valence-electron chi connectivity index (χ4n) is 4.39. The average Bonchev–Trinajstić information content (AvgIpc) is 3.34. The molecule has 0 fully saturated rings. The number of hydrogen-bond acceptors (Lipinski definition) is 5. The summed E-state index contributed by atoms with van der Waals surface area (Å²) >= 11 is 0. The Kier molecular flexibility index (Phi) is 6.52. The van der Waals surface area contributed by atoms with Crippen LogP contribution < -0.4 is 14.2 Å². The van der Waals surface area contributed by atoms with Gasteiger partial charge >= 0.3 is 0 Å². The molecule has 3 aromatic carbocycles. The van der Waals surface area contributed by atoms with E-state index in [2.05, 4.69) is 54.9 Å². The maximum absolute atomic E-state index is 6.47. The van der Waals surface area contributed by atoms with Crippen LogP contribution in [0.2, 0.25) is 0 Å². The molecule has 5 nitrogen and oxygen atoms in total. The van der Waals surface area contributed by atoms with Gasteiger partial charge in [-0.25, -0.2) is 5.01 Å². The SMILES string of the molecule is C=CCOc1ccc(C2=NN3C(C2)c2ccccc2OC3c2ccc(OCCCC)cc2)cc1. The Labute approximate surface area is 201 Å². The average molecular weight is 455 g/mol. The Balaban J connectivity index is 1.42. The minimum Gasteiger partial charge on any atom is -0.494 e. The van der Waals surface area contributed by atoms with E-state index >= 15 is 0 Å². The maximum atomic E-state index is 6.47. The van der Waals surface area contributed by atoms with Gasteiger partial charge in [0.1, 0.15) is 23.9 Å². The summed E-state index contributed by atoms with van der Waals surface area (Å²) in [6.45, 7) is 7.10. The van der Waals surface area contributed by atoms with E-state index in [1.165, 1.54) is 5.56 Å². The molecule has 0 saturated carbocycles. The van der Waals surface area contributed by atoms with Crippen LogP contribution in [0.15, 0.2) is 90.6 Å². The van der Waals surface area contributed by atoms with Gasteiger partial charge in [0.2, 0.25) is 6.23 Å². The van der Waals surface area contributed by atoms with Gasteiger partial charge in [0.15, 0.2) is 0 Å².